The van der Waals surface area contributed by atoms with E-state index < -0.39 is 0 Å². The Hall–Kier alpha value is -2.63. The average molecular weight is 378 g/mol. The van der Waals surface area contributed by atoms with Crippen molar-refractivity contribution in [1.82, 2.24) is 15.1 Å². The number of hydrogen-bond acceptors (Lipinski definition) is 5. The number of piperazine rings is 1. The Bertz CT molecular complexity index is 866. The monoisotopic (exact) mass is 378 g/mol. The minimum Gasteiger partial charge on any atom is -0.496 e. The van der Waals surface area contributed by atoms with Gasteiger partial charge in [0.15, 0.2) is 5.82 Å². The van der Waals surface area contributed by atoms with E-state index >= 15 is 0 Å². The Kier molecular flexibility index (Phi) is 4.22. The molecule has 6 heteroatoms. The van der Waals surface area contributed by atoms with Gasteiger partial charge in [0.2, 0.25) is 5.91 Å². The number of carbonyl (C=O) groups excluding carboxylic acids is 1. The van der Waals surface area contributed by atoms with Gasteiger partial charge in [-0.25, -0.2) is 0 Å². The highest BCUT2D eigenvalue weighted by atomic mass is 16.5. The minimum absolute atomic E-state index is 0.242. The quantitative estimate of drug-likeness (QED) is 0.801. The smallest absolute Gasteiger partial charge is 0.233 e. The van der Waals surface area contributed by atoms with Crippen molar-refractivity contribution in [3.63, 3.8) is 0 Å². The molecule has 0 atom stereocenters. The van der Waals surface area contributed by atoms with Crippen molar-refractivity contribution in [2.24, 2.45) is 0 Å². The van der Waals surface area contributed by atoms with Crippen molar-refractivity contribution in [3.05, 3.63) is 47.7 Å². The van der Waals surface area contributed by atoms with Gasteiger partial charge in [0.1, 0.15) is 5.75 Å². The molecule has 1 aromatic carbocycles. The molecule has 2 saturated carbocycles. The lowest BCUT2D eigenvalue weighted by atomic mass is 9.93. The standard InChI is InChI=1S/C22H26N4O2/c1-28-19-5-3-2-4-17(19)22(10-11-22)21(27)26-14-12-25(13-15-26)20-9-8-18(23-24-20)16-6-7-16/h2-5,8-9,16H,6-7,10-15H2,1H3. The molecule has 1 aromatic heterocycles. The van der Waals surface area contributed by atoms with Gasteiger partial charge in [0.25, 0.3) is 0 Å². The van der Waals surface area contributed by atoms with Gasteiger partial charge in [-0.1, -0.05) is 18.2 Å². The number of amides is 1. The minimum atomic E-state index is -0.388. The molecule has 0 radical (unpaired) electrons. The predicted molar refractivity (Wildman–Crippen MR) is 107 cm³/mol. The first-order valence-electron chi connectivity index (χ1n) is 10.2. The lowest BCUT2D eigenvalue weighted by molar-refractivity contribution is -0.134. The Balaban J connectivity index is 1.25. The Labute approximate surface area is 165 Å². The third-order valence-corrected chi connectivity index (χ3v) is 6.34. The lowest BCUT2D eigenvalue weighted by Gasteiger charge is -2.37. The fourth-order valence-corrected chi connectivity index (χ4v) is 4.31. The number of benzene rings is 1. The van der Waals surface area contributed by atoms with Crippen LogP contribution >= 0.6 is 0 Å². The number of ether oxygens (including phenoxy) is 1. The highest BCUT2D eigenvalue weighted by Crippen LogP contribution is 2.52. The largest absolute Gasteiger partial charge is 0.496 e. The second-order valence-electron chi connectivity index (χ2n) is 8.15. The first-order valence-corrected chi connectivity index (χ1v) is 10.2. The summed E-state index contributed by atoms with van der Waals surface area (Å²) in [4.78, 5) is 17.6. The van der Waals surface area contributed by atoms with E-state index in [-0.39, 0.29) is 11.3 Å². The number of para-hydroxylation sites is 1. The molecule has 146 valence electrons. The van der Waals surface area contributed by atoms with Gasteiger partial charge in [0.05, 0.1) is 18.2 Å². The molecule has 0 N–H and O–H groups in total. The summed E-state index contributed by atoms with van der Waals surface area (Å²) in [6, 6.07) is 12.1. The summed E-state index contributed by atoms with van der Waals surface area (Å²) >= 11 is 0. The summed E-state index contributed by atoms with van der Waals surface area (Å²) in [5.74, 6) is 2.60. The van der Waals surface area contributed by atoms with Gasteiger partial charge in [-0.05, 0) is 43.9 Å². The van der Waals surface area contributed by atoms with Crippen LogP contribution in [0.4, 0.5) is 5.82 Å². The Morgan fingerprint density at radius 1 is 1.04 bits per heavy atom. The van der Waals surface area contributed by atoms with Crippen molar-refractivity contribution in [2.75, 3.05) is 38.2 Å². The summed E-state index contributed by atoms with van der Waals surface area (Å²) < 4.78 is 5.52. The summed E-state index contributed by atoms with van der Waals surface area (Å²) in [5.41, 5.74) is 1.76. The number of nitrogens with zero attached hydrogens (tertiary/aromatic N) is 4. The van der Waals surface area contributed by atoms with Crippen LogP contribution in [-0.2, 0) is 10.2 Å². The van der Waals surface area contributed by atoms with E-state index in [0.717, 1.165) is 61.8 Å². The lowest BCUT2D eigenvalue weighted by Crippen LogP contribution is -2.51. The van der Waals surface area contributed by atoms with Crippen molar-refractivity contribution >= 4 is 11.7 Å². The normalized spacial score (nSPS) is 20.8. The van der Waals surface area contributed by atoms with Crippen LogP contribution in [-0.4, -0.2) is 54.3 Å². The topological polar surface area (TPSA) is 58.6 Å². The first-order chi connectivity index (χ1) is 13.7. The fraction of sp³-hybridized carbons (Fsp3) is 0.500. The van der Waals surface area contributed by atoms with Gasteiger partial charge in [0, 0.05) is 37.7 Å². The summed E-state index contributed by atoms with van der Waals surface area (Å²) in [6.45, 7) is 3.04. The number of aromatic nitrogens is 2. The van der Waals surface area contributed by atoms with E-state index in [4.69, 9.17) is 4.74 Å². The van der Waals surface area contributed by atoms with Crippen LogP contribution in [0, 0.1) is 0 Å². The van der Waals surface area contributed by atoms with Crippen LogP contribution in [0.25, 0.3) is 0 Å². The second kappa shape index (κ2) is 6.76. The summed E-state index contributed by atoms with van der Waals surface area (Å²) in [6.07, 6.45) is 4.28. The van der Waals surface area contributed by atoms with Gasteiger partial charge in [-0.15, -0.1) is 5.10 Å². The maximum absolute atomic E-state index is 13.3. The van der Waals surface area contributed by atoms with Gasteiger partial charge >= 0.3 is 0 Å². The first kappa shape index (κ1) is 17.5. The van der Waals surface area contributed by atoms with Crippen molar-refractivity contribution in [2.45, 2.75) is 37.0 Å². The number of anilines is 1. The summed E-state index contributed by atoms with van der Waals surface area (Å²) in [7, 11) is 1.67. The molecule has 1 aliphatic heterocycles. The Morgan fingerprint density at radius 2 is 1.79 bits per heavy atom. The maximum atomic E-state index is 13.3. The number of rotatable bonds is 5. The van der Waals surface area contributed by atoms with E-state index in [1.165, 1.54) is 12.8 Å². The maximum Gasteiger partial charge on any atom is 0.233 e. The van der Waals surface area contributed by atoms with Crippen molar-refractivity contribution < 1.29 is 9.53 Å². The molecule has 2 heterocycles. The molecule has 0 unspecified atom stereocenters. The van der Waals surface area contributed by atoms with Gasteiger partial charge < -0.3 is 14.5 Å². The van der Waals surface area contributed by atoms with E-state index in [1.807, 2.05) is 29.2 Å². The molecule has 1 amide bonds. The molecular weight excluding hydrogens is 352 g/mol. The molecule has 6 nitrogen and oxygen atoms in total. The average Bonchev–Trinajstić information content (AvgIpc) is 3.67. The van der Waals surface area contributed by atoms with Crippen LogP contribution in [0.1, 0.15) is 42.9 Å². The van der Waals surface area contributed by atoms with Gasteiger partial charge in [-0.2, -0.15) is 5.10 Å². The molecule has 5 rings (SSSR count). The molecule has 3 aliphatic rings. The van der Waals surface area contributed by atoms with Crippen LogP contribution < -0.4 is 9.64 Å². The summed E-state index contributed by atoms with van der Waals surface area (Å²) in [5, 5.41) is 8.81. The van der Waals surface area contributed by atoms with E-state index in [0.29, 0.717) is 5.92 Å². The number of methoxy groups -OCH3 is 1. The molecule has 0 bridgehead atoms. The van der Waals surface area contributed by atoms with E-state index in [9.17, 15) is 4.79 Å². The van der Waals surface area contributed by atoms with Gasteiger partial charge in [-0.3, -0.25) is 4.79 Å². The SMILES string of the molecule is COc1ccccc1C1(C(=O)N2CCN(c3ccc(C4CC4)nn3)CC2)CC1. The van der Waals surface area contributed by atoms with E-state index in [2.05, 4.69) is 27.2 Å². The molecular formula is C22H26N4O2. The van der Waals surface area contributed by atoms with Crippen LogP contribution in [0.15, 0.2) is 36.4 Å². The molecule has 28 heavy (non-hydrogen) atoms. The highest BCUT2D eigenvalue weighted by Gasteiger charge is 2.54. The second-order valence-corrected chi connectivity index (χ2v) is 8.15. The van der Waals surface area contributed by atoms with Crippen LogP contribution in [0.3, 0.4) is 0 Å². The molecule has 2 aromatic rings. The third kappa shape index (κ3) is 3.01. The van der Waals surface area contributed by atoms with Crippen LogP contribution in [0.2, 0.25) is 0 Å². The number of hydrogen-bond donors (Lipinski definition) is 0. The Morgan fingerprint density at radius 3 is 2.39 bits per heavy atom. The fourth-order valence-electron chi connectivity index (χ4n) is 4.31. The zero-order chi connectivity index (χ0) is 19.1. The molecule has 3 fully saturated rings. The molecule has 2 aliphatic carbocycles. The third-order valence-electron chi connectivity index (χ3n) is 6.34. The molecule has 1 saturated heterocycles. The van der Waals surface area contributed by atoms with E-state index in [1.54, 1.807) is 7.11 Å². The zero-order valence-corrected chi connectivity index (χ0v) is 16.3. The predicted octanol–water partition coefficient (Wildman–Crippen LogP) is 2.74. The molecule has 0 spiro atoms. The highest BCUT2D eigenvalue weighted by molar-refractivity contribution is 5.92. The van der Waals surface area contributed by atoms with Crippen LogP contribution in [0.5, 0.6) is 5.75 Å². The van der Waals surface area contributed by atoms with Crippen molar-refractivity contribution in [3.8, 4) is 5.75 Å². The van der Waals surface area contributed by atoms with Crippen molar-refractivity contribution in [1.29, 1.82) is 0 Å². The number of carbonyl (C=O) groups is 1. The zero-order valence-electron chi connectivity index (χ0n) is 16.3.